The topological polar surface area (TPSA) is 12.5 Å². The Morgan fingerprint density at radius 3 is 1.95 bits per heavy atom. The zero-order valence-corrected chi connectivity index (χ0v) is 11.3. The van der Waals surface area contributed by atoms with E-state index in [0.717, 1.165) is 26.0 Å². The fourth-order valence-corrected chi connectivity index (χ4v) is 2.79. The van der Waals surface area contributed by atoms with E-state index >= 15 is 0 Å². The summed E-state index contributed by atoms with van der Waals surface area (Å²) in [5, 5.41) is 0. The lowest BCUT2D eigenvalue weighted by atomic mass is 10.0. The molecule has 0 saturated carbocycles. The summed E-state index contributed by atoms with van der Waals surface area (Å²) in [7, 11) is 1.76. The van der Waals surface area contributed by atoms with Gasteiger partial charge in [0.25, 0.3) is 0 Å². The number of ether oxygens (including phenoxy) is 1. The highest BCUT2D eigenvalue weighted by molar-refractivity contribution is 5.71. The van der Waals surface area contributed by atoms with Crippen LogP contribution in [-0.4, -0.2) is 20.3 Å². The van der Waals surface area contributed by atoms with Crippen LogP contribution in [-0.2, 0) is 17.6 Å². The molecule has 1 aliphatic heterocycles. The summed E-state index contributed by atoms with van der Waals surface area (Å²) in [5.41, 5.74) is 5.50. The zero-order chi connectivity index (χ0) is 13.1. The molecule has 0 bridgehead atoms. The number of methoxy groups -OCH3 is 1. The van der Waals surface area contributed by atoms with E-state index in [2.05, 4.69) is 53.4 Å². The van der Waals surface area contributed by atoms with Gasteiger partial charge in [-0.1, -0.05) is 36.4 Å². The van der Waals surface area contributed by atoms with Crippen LogP contribution in [0.25, 0.3) is 0 Å². The molecule has 0 amide bonds. The molecule has 1 aliphatic rings. The zero-order valence-electron chi connectivity index (χ0n) is 11.3. The Labute approximate surface area is 114 Å². The number of para-hydroxylation sites is 2. The molecule has 0 unspecified atom stereocenters. The average Bonchev–Trinajstić information content (AvgIpc) is 2.62. The van der Waals surface area contributed by atoms with Gasteiger partial charge in [0.15, 0.2) is 0 Å². The summed E-state index contributed by atoms with van der Waals surface area (Å²) >= 11 is 0. The lowest BCUT2D eigenvalue weighted by Crippen LogP contribution is -2.22. The SMILES string of the molecule is COCCN1c2ccccc2CCc2ccccc21. The minimum Gasteiger partial charge on any atom is -0.383 e. The molecule has 1 heterocycles. The van der Waals surface area contributed by atoms with Gasteiger partial charge >= 0.3 is 0 Å². The van der Waals surface area contributed by atoms with Gasteiger partial charge in [-0.15, -0.1) is 0 Å². The molecular weight excluding hydrogens is 234 g/mol. The van der Waals surface area contributed by atoms with Gasteiger partial charge in [-0.25, -0.2) is 0 Å². The Kier molecular flexibility index (Phi) is 3.51. The van der Waals surface area contributed by atoms with Crippen molar-refractivity contribution >= 4 is 11.4 Å². The van der Waals surface area contributed by atoms with E-state index in [9.17, 15) is 0 Å². The number of rotatable bonds is 3. The number of hydrogen-bond acceptors (Lipinski definition) is 2. The number of aryl methyl sites for hydroxylation is 2. The lowest BCUT2D eigenvalue weighted by molar-refractivity contribution is 0.207. The molecule has 0 aromatic heterocycles. The van der Waals surface area contributed by atoms with Crippen molar-refractivity contribution in [3.8, 4) is 0 Å². The minimum absolute atomic E-state index is 0.739. The summed E-state index contributed by atoms with van der Waals surface area (Å²) in [6.07, 6.45) is 2.22. The van der Waals surface area contributed by atoms with Crippen molar-refractivity contribution in [2.75, 3.05) is 25.2 Å². The van der Waals surface area contributed by atoms with E-state index < -0.39 is 0 Å². The second-order valence-electron chi connectivity index (χ2n) is 4.90. The van der Waals surface area contributed by atoms with Crippen LogP contribution in [0.15, 0.2) is 48.5 Å². The van der Waals surface area contributed by atoms with Gasteiger partial charge in [-0.3, -0.25) is 0 Å². The van der Waals surface area contributed by atoms with Crippen molar-refractivity contribution in [2.24, 2.45) is 0 Å². The van der Waals surface area contributed by atoms with Crippen molar-refractivity contribution in [1.82, 2.24) is 0 Å². The van der Waals surface area contributed by atoms with Crippen LogP contribution in [0.3, 0.4) is 0 Å². The molecule has 0 saturated heterocycles. The molecule has 19 heavy (non-hydrogen) atoms. The third kappa shape index (κ3) is 2.36. The van der Waals surface area contributed by atoms with Crippen LogP contribution in [0.5, 0.6) is 0 Å². The van der Waals surface area contributed by atoms with Gasteiger partial charge < -0.3 is 9.64 Å². The molecule has 3 rings (SSSR count). The number of nitrogens with zero attached hydrogens (tertiary/aromatic N) is 1. The van der Waals surface area contributed by atoms with Gasteiger partial charge in [0.05, 0.1) is 6.61 Å². The molecule has 0 fully saturated rings. The molecule has 2 heteroatoms. The van der Waals surface area contributed by atoms with Crippen molar-refractivity contribution in [3.63, 3.8) is 0 Å². The molecule has 98 valence electrons. The van der Waals surface area contributed by atoms with Gasteiger partial charge in [0.2, 0.25) is 0 Å². The normalized spacial score (nSPS) is 13.6. The van der Waals surface area contributed by atoms with E-state index in [1.54, 1.807) is 7.11 Å². The molecule has 2 nitrogen and oxygen atoms in total. The second-order valence-corrected chi connectivity index (χ2v) is 4.90. The van der Waals surface area contributed by atoms with Gasteiger partial charge in [-0.05, 0) is 36.1 Å². The highest BCUT2D eigenvalue weighted by atomic mass is 16.5. The third-order valence-electron chi connectivity index (χ3n) is 3.75. The molecule has 0 aliphatic carbocycles. The fourth-order valence-electron chi connectivity index (χ4n) is 2.79. The van der Waals surface area contributed by atoms with Crippen LogP contribution < -0.4 is 4.90 Å². The monoisotopic (exact) mass is 253 g/mol. The van der Waals surface area contributed by atoms with Crippen LogP contribution in [0, 0.1) is 0 Å². The smallest absolute Gasteiger partial charge is 0.0642 e. The molecule has 0 atom stereocenters. The Bertz CT molecular complexity index is 517. The quantitative estimate of drug-likeness (QED) is 0.829. The Balaban J connectivity index is 2.08. The third-order valence-corrected chi connectivity index (χ3v) is 3.75. The minimum atomic E-state index is 0.739. The van der Waals surface area contributed by atoms with E-state index in [1.807, 2.05) is 0 Å². The largest absolute Gasteiger partial charge is 0.383 e. The van der Waals surface area contributed by atoms with Crippen LogP contribution in [0.2, 0.25) is 0 Å². The van der Waals surface area contributed by atoms with Crippen molar-refractivity contribution in [1.29, 1.82) is 0 Å². The highest BCUT2D eigenvalue weighted by Crippen LogP contribution is 2.35. The first-order valence-electron chi connectivity index (χ1n) is 6.82. The van der Waals surface area contributed by atoms with Crippen LogP contribution in [0.4, 0.5) is 11.4 Å². The maximum absolute atomic E-state index is 5.27. The Morgan fingerprint density at radius 1 is 0.895 bits per heavy atom. The predicted molar refractivity (Wildman–Crippen MR) is 79.2 cm³/mol. The molecule has 2 aromatic carbocycles. The lowest BCUT2D eigenvalue weighted by Gasteiger charge is -2.26. The average molecular weight is 253 g/mol. The van der Waals surface area contributed by atoms with Gasteiger partial charge in [0, 0.05) is 25.0 Å². The molecule has 0 spiro atoms. The van der Waals surface area contributed by atoms with E-state index in [1.165, 1.54) is 22.5 Å². The van der Waals surface area contributed by atoms with E-state index in [-0.39, 0.29) is 0 Å². The Hall–Kier alpha value is -1.80. The fraction of sp³-hybridized carbons (Fsp3) is 0.294. The number of fused-ring (bicyclic) bond motifs is 2. The Morgan fingerprint density at radius 2 is 1.42 bits per heavy atom. The first-order valence-corrected chi connectivity index (χ1v) is 6.82. The molecule has 0 radical (unpaired) electrons. The first kappa shape index (κ1) is 12.2. The summed E-state index contributed by atoms with van der Waals surface area (Å²) < 4.78 is 5.27. The van der Waals surface area contributed by atoms with Gasteiger partial charge in [0.1, 0.15) is 0 Å². The van der Waals surface area contributed by atoms with Gasteiger partial charge in [-0.2, -0.15) is 0 Å². The van der Waals surface area contributed by atoms with Crippen molar-refractivity contribution in [2.45, 2.75) is 12.8 Å². The summed E-state index contributed by atoms with van der Waals surface area (Å²) in [6.45, 7) is 1.63. The number of benzene rings is 2. The van der Waals surface area contributed by atoms with Crippen molar-refractivity contribution in [3.05, 3.63) is 59.7 Å². The maximum atomic E-state index is 5.27. The number of hydrogen-bond donors (Lipinski definition) is 0. The molecule has 2 aromatic rings. The predicted octanol–water partition coefficient (Wildman–Crippen LogP) is 3.57. The summed E-state index contributed by atoms with van der Waals surface area (Å²) in [6, 6.07) is 17.4. The van der Waals surface area contributed by atoms with Crippen LogP contribution >= 0.6 is 0 Å². The summed E-state index contributed by atoms with van der Waals surface area (Å²) in [4.78, 5) is 2.39. The standard InChI is InChI=1S/C17H19NO/c1-19-13-12-18-16-8-4-2-6-14(16)10-11-15-7-3-5-9-17(15)18/h2-9H,10-13H2,1H3. The molecular formula is C17H19NO. The second kappa shape index (κ2) is 5.45. The van der Waals surface area contributed by atoms with Crippen LogP contribution in [0.1, 0.15) is 11.1 Å². The van der Waals surface area contributed by atoms with E-state index in [4.69, 9.17) is 4.74 Å². The molecule has 0 N–H and O–H groups in total. The number of anilines is 2. The maximum Gasteiger partial charge on any atom is 0.0642 e. The summed E-state index contributed by atoms with van der Waals surface area (Å²) in [5.74, 6) is 0. The van der Waals surface area contributed by atoms with Crippen molar-refractivity contribution < 1.29 is 4.74 Å². The highest BCUT2D eigenvalue weighted by Gasteiger charge is 2.19. The first-order chi connectivity index (χ1) is 9.40. The van der Waals surface area contributed by atoms with E-state index in [0.29, 0.717) is 0 Å².